The molecule has 0 unspecified atom stereocenters. The number of nitrogens with zero attached hydrogens (tertiary/aromatic N) is 1. The van der Waals surface area contributed by atoms with E-state index in [0.29, 0.717) is 5.56 Å². The summed E-state index contributed by atoms with van der Waals surface area (Å²) >= 11 is 0. The second kappa shape index (κ2) is 6.77. The maximum Gasteiger partial charge on any atom is 0.151 e. The Balaban J connectivity index is 2.93. The zero-order chi connectivity index (χ0) is 14.5. The molecule has 0 bridgehead atoms. The molecule has 2 atom stereocenters. The Morgan fingerprint density at radius 2 is 1.95 bits per heavy atom. The first-order valence-corrected chi connectivity index (χ1v) is 7.78. The summed E-state index contributed by atoms with van der Waals surface area (Å²) in [6.45, 7) is 2.68. The molecule has 1 rings (SSSR count). The zero-order valence-corrected chi connectivity index (χ0v) is 11.9. The molecule has 1 aromatic rings. The second-order valence-electron chi connectivity index (χ2n) is 4.37. The quantitative estimate of drug-likeness (QED) is 0.720. The van der Waals surface area contributed by atoms with Gasteiger partial charge >= 0.3 is 0 Å². The Labute approximate surface area is 113 Å². The molecule has 0 aliphatic heterocycles. The lowest BCUT2D eigenvalue weighted by Gasteiger charge is -2.20. The fraction of sp³-hybridized carbons (Fsp3) is 0.462. The summed E-state index contributed by atoms with van der Waals surface area (Å²) in [5.74, 6) is -0.0167. The number of aliphatic imine (C=N–C) groups is 1. The Morgan fingerprint density at radius 3 is 2.32 bits per heavy atom. The van der Waals surface area contributed by atoms with Gasteiger partial charge in [-0.2, -0.15) is 0 Å². The van der Waals surface area contributed by atoms with Crippen molar-refractivity contribution in [2.24, 2.45) is 4.99 Å². The Morgan fingerprint density at radius 1 is 1.37 bits per heavy atom. The molecule has 0 aromatic heterocycles. The standard InChI is InChI=1S/C13H18FNO3S/c1-15-12(8-14)13(18-2)11-6-4-10(5-7-11)9-19(3,16)17/h4-7,12-13H,1,8-9H2,2-3H3/t12-,13-/m1/s1. The number of halogens is 1. The van der Waals surface area contributed by atoms with Gasteiger partial charge in [-0.3, -0.25) is 4.99 Å². The molecule has 0 aliphatic carbocycles. The minimum Gasteiger partial charge on any atom is -0.374 e. The highest BCUT2D eigenvalue weighted by Gasteiger charge is 2.21. The van der Waals surface area contributed by atoms with Crippen LogP contribution in [0.5, 0.6) is 0 Å². The van der Waals surface area contributed by atoms with Gasteiger partial charge in [0.1, 0.15) is 18.8 Å². The predicted octanol–water partition coefficient (Wildman–Crippen LogP) is 1.96. The van der Waals surface area contributed by atoms with Crippen molar-refractivity contribution in [2.75, 3.05) is 20.0 Å². The van der Waals surface area contributed by atoms with Crippen LogP contribution in [0.15, 0.2) is 29.3 Å². The number of hydrogen-bond donors (Lipinski definition) is 0. The third-order valence-electron chi connectivity index (χ3n) is 2.73. The molecule has 0 heterocycles. The summed E-state index contributed by atoms with van der Waals surface area (Å²) in [6.07, 6.45) is 0.661. The van der Waals surface area contributed by atoms with Crippen LogP contribution in [0.4, 0.5) is 4.39 Å². The Hall–Kier alpha value is -1.27. The molecule has 0 N–H and O–H groups in total. The highest BCUT2D eigenvalue weighted by atomic mass is 32.2. The summed E-state index contributed by atoms with van der Waals surface area (Å²) in [7, 11) is -1.59. The van der Waals surface area contributed by atoms with E-state index in [1.54, 1.807) is 24.3 Å². The van der Waals surface area contributed by atoms with Gasteiger partial charge in [-0.25, -0.2) is 12.8 Å². The molecule has 0 saturated carbocycles. The van der Waals surface area contributed by atoms with Gasteiger partial charge in [0, 0.05) is 13.4 Å². The topological polar surface area (TPSA) is 55.7 Å². The summed E-state index contributed by atoms with van der Waals surface area (Å²) < 4.78 is 40.4. The average Bonchev–Trinajstić information content (AvgIpc) is 2.35. The van der Waals surface area contributed by atoms with E-state index in [4.69, 9.17) is 4.74 Å². The summed E-state index contributed by atoms with van der Waals surface area (Å²) in [5, 5.41) is 0. The number of ether oxygens (including phenoxy) is 1. The summed E-state index contributed by atoms with van der Waals surface area (Å²) in [6, 6.07) is 6.18. The molecular formula is C13H18FNO3S. The molecule has 106 valence electrons. The van der Waals surface area contributed by atoms with Gasteiger partial charge in [0.25, 0.3) is 0 Å². The van der Waals surface area contributed by atoms with E-state index in [9.17, 15) is 12.8 Å². The van der Waals surface area contributed by atoms with E-state index in [0.717, 1.165) is 5.56 Å². The van der Waals surface area contributed by atoms with E-state index in [-0.39, 0.29) is 5.75 Å². The van der Waals surface area contributed by atoms with Gasteiger partial charge in [-0.1, -0.05) is 24.3 Å². The first kappa shape index (κ1) is 15.8. The van der Waals surface area contributed by atoms with Crippen molar-refractivity contribution in [1.82, 2.24) is 0 Å². The molecule has 0 fully saturated rings. The third-order valence-corrected chi connectivity index (χ3v) is 3.59. The van der Waals surface area contributed by atoms with E-state index in [1.807, 2.05) is 0 Å². The number of sulfone groups is 1. The van der Waals surface area contributed by atoms with Crippen molar-refractivity contribution < 1.29 is 17.5 Å². The lowest BCUT2D eigenvalue weighted by molar-refractivity contribution is 0.0731. The van der Waals surface area contributed by atoms with Gasteiger partial charge in [0.15, 0.2) is 9.84 Å². The van der Waals surface area contributed by atoms with Crippen molar-refractivity contribution in [2.45, 2.75) is 17.9 Å². The molecule has 0 aliphatic rings. The fourth-order valence-electron chi connectivity index (χ4n) is 1.85. The highest BCUT2D eigenvalue weighted by molar-refractivity contribution is 7.89. The number of benzene rings is 1. The van der Waals surface area contributed by atoms with Crippen molar-refractivity contribution in [3.05, 3.63) is 35.4 Å². The molecule has 0 saturated heterocycles. The zero-order valence-electron chi connectivity index (χ0n) is 11.0. The molecule has 19 heavy (non-hydrogen) atoms. The first-order chi connectivity index (χ1) is 8.91. The SMILES string of the molecule is C=N[C@H](CF)[C@H](OC)c1ccc(CS(C)(=O)=O)cc1. The van der Waals surface area contributed by atoms with Crippen molar-refractivity contribution in [1.29, 1.82) is 0 Å². The highest BCUT2D eigenvalue weighted by Crippen LogP contribution is 2.24. The van der Waals surface area contributed by atoms with Crippen LogP contribution in [-0.4, -0.2) is 41.2 Å². The molecule has 4 nitrogen and oxygen atoms in total. The van der Waals surface area contributed by atoms with E-state index >= 15 is 0 Å². The molecule has 0 radical (unpaired) electrons. The van der Waals surface area contributed by atoms with Crippen molar-refractivity contribution in [3.63, 3.8) is 0 Å². The Bertz CT molecular complexity index is 513. The van der Waals surface area contributed by atoms with Crippen molar-refractivity contribution >= 4 is 16.6 Å². The van der Waals surface area contributed by atoms with Gasteiger partial charge in [-0.05, 0) is 17.8 Å². The third kappa shape index (κ3) is 4.72. The van der Waals surface area contributed by atoms with Gasteiger partial charge in [0.2, 0.25) is 0 Å². The summed E-state index contributed by atoms with van der Waals surface area (Å²) in [4.78, 5) is 3.69. The Kier molecular flexibility index (Phi) is 5.62. The normalized spacial score (nSPS) is 14.9. The number of hydrogen-bond acceptors (Lipinski definition) is 4. The van der Waals surface area contributed by atoms with Crippen LogP contribution < -0.4 is 0 Å². The number of alkyl halides is 1. The molecule has 0 amide bonds. The summed E-state index contributed by atoms with van der Waals surface area (Å²) in [5.41, 5.74) is 1.43. The van der Waals surface area contributed by atoms with E-state index in [2.05, 4.69) is 11.7 Å². The van der Waals surface area contributed by atoms with Crippen LogP contribution in [0.25, 0.3) is 0 Å². The van der Waals surface area contributed by atoms with Crippen LogP contribution >= 0.6 is 0 Å². The maximum absolute atomic E-state index is 12.8. The van der Waals surface area contributed by atoms with Gasteiger partial charge < -0.3 is 4.74 Å². The van der Waals surface area contributed by atoms with Gasteiger partial charge in [-0.15, -0.1) is 0 Å². The minimum absolute atomic E-state index is 0.0167. The predicted molar refractivity (Wildman–Crippen MR) is 74.1 cm³/mol. The van der Waals surface area contributed by atoms with Crippen molar-refractivity contribution in [3.8, 4) is 0 Å². The lowest BCUT2D eigenvalue weighted by Crippen LogP contribution is -2.20. The fourth-order valence-corrected chi connectivity index (χ4v) is 2.65. The second-order valence-corrected chi connectivity index (χ2v) is 6.51. The molecular weight excluding hydrogens is 269 g/mol. The molecule has 6 heteroatoms. The lowest BCUT2D eigenvalue weighted by atomic mass is 10.0. The number of rotatable bonds is 7. The van der Waals surface area contributed by atoms with Crippen LogP contribution in [0.3, 0.4) is 0 Å². The largest absolute Gasteiger partial charge is 0.374 e. The molecule has 0 spiro atoms. The molecule has 1 aromatic carbocycles. The van der Waals surface area contributed by atoms with Crippen LogP contribution in [0.2, 0.25) is 0 Å². The minimum atomic E-state index is -3.06. The average molecular weight is 287 g/mol. The van der Waals surface area contributed by atoms with Crippen LogP contribution in [0, 0.1) is 0 Å². The smallest absolute Gasteiger partial charge is 0.151 e. The van der Waals surface area contributed by atoms with E-state index in [1.165, 1.54) is 13.4 Å². The van der Waals surface area contributed by atoms with Crippen LogP contribution in [0.1, 0.15) is 17.2 Å². The van der Waals surface area contributed by atoms with Gasteiger partial charge in [0.05, 0.1) is 5.75 Å². The number of methoxy groups -OCH3 is 1. The monoisotopic (exact) mass is 287 g/mol. The van der Waals surface area contributed by atoms with Crippen LogP contribution in [-0.2, 0) is 20.3 Å². The first-order valence-electron chi connectivity index (χ1n) is 5.72. The maximum atomic E-state index is 12.8. The van der Waals surface area contributed by atoms with E-state index < -0.39 is 28.7 Å².